The molecule has 0 aromatic rings. The maximum absolute atomic E-state index is 3.57. The van der Waals surface area contributed by atoms with E-state index in [1.54, 1.807) is 0 Å². The van der Waals surface area contributed by atoms with Crippen LogP contribution in [0.1, 0.15) is 60.3 Å². The topological polar surface area (TPSA) is 12.0 Å². The maximum atomic E-state index is 3.57. The molecule has 0 aromatic heterocycles. The summed E-state index contributed by atoms with van der Waals surface area (Å²) in [5, 5.41) is 3.57. The van der Waals surface area contributed by atoms with Gasteiger partial charge in [0, 0.05) is 0 Å². The van der Waals surface area contributed by atoms with E-state index in [4.69, 9.17) is 0 Å². The van der Waals surface area contributed by atoms with Gasteiger partial charge in [0.25, 0.3) is 0 Å². The smallest absolute Gasteiger partial charge is 0.00205 e. The predicted molar refractivity (Wildman–Crippen MR) is 70.2 cm³/mol. The van der Waals surface area contributed by atoms with Crippen LogP contribution >= 0.6 is 0 Å². The summed E-state index contributed by atoms with van der Waals surface area (Å²) in [5.41, 5.74) is 0. The Balaban J connectivity index is 3.46. The summed E-state index contributed by atoms with van der Waals surface area (Å²) in [6.45, 7) is 13.9. The first-order chi connectivity index (χ1) is 7.06. The van der Waals surface area contributed by atoms with E-state index in [0.717, 1.165) is 17.8 Å². The normalized spacial score (nSPS) is 13.8. The van der Waals surface area contributed by atoms with Crippen LogP contribution in [-0.4, -0.2) is 13.1 Å². The molecule has 1 N–H and O–H groups in total. The maximum Gasteiger partial charge on any atom is -0.00205 e. The van der Waals surface area contributed by atoms with E-state index in [2.05, 4.69) is 39.9 Å². The van der Waals surface area contributed by atoms with Crippen LogP contribution < -0.4 is 5.32 Å². The van der Waals surface area contributed by atoms with E-state index in [1.807, 2.05) is 0 Å². The molecule has 0 aliphatic heterocycles. The molecule has 0 spiro atoms. The van der Waals surface area contributed by atoms with Crippen LogP contribution in [0, 0.1) is 17.8 Å². The second-order valence-corrected chi connectivity index (χ2v) is 5.65. The molecule has 0 saturated heterocycles. The summed E-state index contributed by atoms with van der Waals surface area (Å²) in [4.78, 5) is 0. The van der Waals surface area contributed by atoms with Crippen molar-refractivity contribution in [3.05, 3.63) is 0 Å². The zero-order valence-corrected chi connectivity index (χ0v) is 11.5. The highest BCUT2D eigenvalue weighted by atomic mass is 14.9. The molecule has 1 nitrogen and oxygen atoms in total. The van der Waals surface area contributed by atoms with Gasteiger partial charge in [0.1, 0.15) is 0 Å². The summed E-state index contributed by atoms with van der Waals surface area (Å²) in [6, 6.07) is 0. The number of rotatable bonds is 9. The average Bonchev–Trinajstić information content (AvgIpc) is 2.14. The van der Waals surface area contributed by atoms with E-state index < -0.39 is 0 Å². The van der Waals surface area contributed by atoms with Crippen LogP contribution in [0.3, 0.4) is 0 Å². The van der Waals surface area contributed by atoms with Gasteiger partial charge in [-0.15, -0.1) is 0 Å². The first-order valence-corrected chi connectivity index (χ1v) is 6.76. The quantitative estimate of drug-likeness (QED) is 0.608. The fourth-order valence-corrected chi connectivity index (χ4v) is 1.84. The summed E-state index contributed by atoms with van der Waals surface area (Å²) >= 11 is 0. The Morgan fingerprint density at radius 1 is 0.867 bits per heavy atom. The van der Waals surface area contributed by atoms with Crippen molar-refractivity contribution in [3.8, 4) is 0 Å². The number of hydrogen-bond donors (Lipinski definition) is 1. The van der Waals surface area contributed by atoms with Gasteiger partial charge in [-0.2, -0.15) is 0 Å². The first kappa shape index (κ1) is 15.0. The highest BCUT2D eigenvalue weighted by Crippen LogP contribution is 2.14. The minimum absolute atomic E-state index is 0.776. The molecule has 0 bridgehead atoms. The molecule has 0 saturated carbocycles. The Kier molecular flexibility index (Phi) is 9.18. The van der Waals surface area contributed by atoms with Crippen molar-refractivity contribution >= 4 is 0 Å². The lowest BCUT2D eigenvalue weighted by Gasteiger charge is -2.17. The molecule has 0 aliphatic carbocycles. The lowest BCUT2D eigenvalue weighted by Crippen LogP contribution is -2.26. The van der Waals surface area contributed by atoms with Crippen molar-refractivity contribution in [3.63, 3.8) is 0 Å². The zero-order chi connectivity index (χ0) is 11.7. The summed E-state index contributed by atoms with van der Waals surface area (Å²) in [7, 11) is 0. The van der Waals surface area contributed by atoms with Gasteiger partial charge in [0.05, 0.1) is 0 Å². The Morgan fingerprint density at radius 2 is 1.53 bits per heavy atom. The number of nitrogens with one attached hydrogen (secondary N) is 1. The minimum atomic E-state index is 0.776. The molecule has 0 heterocycles. The molecule has 0 aliphatic rings. The third-order valence-electron chi connectivity index (χ3n) is 2.96. The fraction of sp³-hybridized carbons (Fsp3) is 1.00. The first-order valence-electron chi connectivity index (χ1n) is 6.76. The zero-order valence-electron chi connectivity index (χ0n) is 11.5. The molecular formula is C14H31N. The summed E-state index contributed by atoms with van der Waals surface area (Å²) in [6.07, 6.45) is 5.52. The molecule has 0 aromatic carbocycles. The van der Waals surface area contributed by atoms with Crippen molar-refractivity contribution in [2.45, 2.75) is 60.3 Å². The van der Waals surface area contributed by atoms with Crippen molar-refractivity contribution in [1.82, 2.24) is 5.32 Å². The van der Waals surface area contributed by atoms with Crippen LogP contribution in [0.25, 0.3) is 0 Å². The van der Waals surface area contributed by atoms with E-state index >= 15 is 0 Å². The lowest BCUT2D eigenvalue weighted by molar-refractivity contribution is 0.389. The van der Waals surface area contributed by atoms with Gasteiger partial charge >= 0.3 is 0 Å². The molecule has 0 fully saturated rings. The SMILES string of the molecule is CCC(CCCC(C)C)CNCC(C)C. The van der Waals surface area contributed by atoms with Crippen molar-refractivity contribution in [2.75, 3.05) is 13.1 Å². The van der Waals surface area contributed by atoms with Gasteiger partial charge in [0.2, 0.25) is 0 Å². The van der Waals surface area contributed by atoms with E-state index in [0.29, 0.717) is 0 Å². The Hall–Kier alpha value is -0.0400. The molecule has 1 unspecified atom stereocenters. The monoisotopic (exact) mass is 213 g/mol. The van der Waals surface area contributed by atoms with Crippen LogP contribution in [0.15, 0.2) is 0 Å². The van der Waals surface area contributed by atoms with Gasteiger partial charge < -0.3 is 5.32 Å². The second kappa shape index (κ2) is 9.21. The highest BCUT2D eigenvalue weighted by molar-refractivity contribution is 4.62. The molecule has 0 radical (unpaired) electrons. The minimum Gasteiger partial charge on any atom is -0.316 e. The van der Waals surface area contributed by atoms with Gasteiger partial charge in [-0.3, -0.25) is 0 Å². The Bertz CT molecular complexity index is 115. The Labute approximate surface area is 97.0 Å². The lowest BCUT2D eigenvalue weighted by atomic mass is 9.96. The van der Waals surface area contributed by atoms with Crippen LogP contribution in [0.5, 0.6) is 0 Å². The van der Waals surface area contributed by atoms with Gasteiger partial charge in [-0.05, 0) is 37.3 Å². The van der Waals surface area contributed by atoms with E-state index in [-0.39, 0.29) is 0 Å². The second-order valence-electron chi connectivity index (χ2n) is 5.65. The van der Waals surface area contributed by atoms with Gasteiger partial charge in [0.15, 0.2) is 0 Å². The fourth-order valence-electron chi connectivity index (χ4n) is 1.84. The third-order valence-corrected chi connectivity index (χ3v) is 2.96. The van der Waals surface area contributed by atoms with Crippen LogP contribution in [0.4, 0.5) is 0 Å². The highest BCUT2D eigenvalue weighted by Gasteiger charge is 2.06. The molecular weight excluding hydrogens is 182 g/mol. The predicted octanol–water partition coefficient (Wildman–Crippen LogP) is 4.08. The van der Waals surface area contributed by atoms with Crippen molar-refractivity contribution in [1.29, 1.82) is 0 Å². The van der Waals surface area contributed by atoms with Crippen molar-refractivity contribution in [2.24, 2.45) is 17.8 Å². The summed E-state index contributed by atoms with van der Waals surface area (Å²) < 4.78 is 0. The Morgan fingerprint density at radius 3 is 2.00 bits per heavy atom. The van der Waals surface area contributed by atoms with Gasteiger partial charge in [-0.25, -0.2) is 0 Å². The molecule has 1 atom stereocenters. The van der Waals surface area contributed by atoms with Gasteiger partial charge in [-0.1, -0.05) is 53.9 Å². The van der Waals surface area contributed by atoms with E-state index in [1.165, 1.54) is 38.8 Å². The summed E-state index contributed by atoms with van der Waals surface area (Å²) in [5.74, 6) is 2.53. The molecule has 92 valence electrons. The molecule has 0 amide bonds. The largest absolute Gasteiger partial charge is 0.316 e. The standard InChI is InChI=1S/C14H31N/c1-6-14(9-7-8-12(2)3)11-15-10-13(4)5/h12-15H,6-11H2,1-5H3. The number of hydrogen-bond acceptors (Lipinski definition) is 1. The van der Waals surface area contributed by atoms with Crippen LogP contribution in [-0.2, 0) is 0 Å². The molecule has 1 heteroatoms. The average molecular weight is 213 g/mol. The van der Waals surface area contributed by atoms with Crippen LogP contribution in [0.2, 0.25) is 0 Å². The third kappa shape index (κ3) is 10.2. The van der Waals surface area contributed by atoms with E-state index in [9.17, 15) is 0 Å². The van der Waals surface area contributed by atoms with Crippen molar-refractivity contribution < 1.29 is 0 Å². The molecule has 0 rings (SSSR count). The molecule has 15 heavy (non-hydrogen) atoms.